The molecule has 3 rings (SSSR count). The molecule has 0 bridgehead atoms. The van der Waals surface area contributed by atoms with Crippen LogP contribution in [0.5, 0.6) is 0 Å². The number of aliphatic hydroxyl groups is 1. The Hall–Kier alpha value is -2.72. The fourth-order valence-corrected chi connectivity index (χ4v) is 2.93. The number of hydrogen-bond donors (Lipinski definition) is 1. The van der Waals surface area contributed by atoms with Crippen LogP contribution in [-0.4, -0.2) is 14.2 Å². The second-order valence-electron chi connectivity index (χ2n) is 5.42. The first-order valence-electron chi connectivity index (χ1n) is 7.23. The Bertz CT molecular complexity index is 924. The zero-order valence-electron chi connectivity index (χ0n) is 12.2. The molecule has 0 spiro atoms. The van der Waals surface area contributed by atoms with E-state index >= 15 is 0 Å². The molecule has 1 aromatic heterocycles. The lowest BCUT2D eigenvalue weighted by molar-refractivity contribution is 0.148. The summed E-state index contributed by atoms with van der Waals surface area (Å²) in [5.41, 5.74) is -0.942. The summed E-state index contributed by atoms with van der Waals surface area (Å²) >= 11 is 0. The van der Waals surface area contributed by atoms with Crippen LogP contribution >= 0.6 is 0 Å². The molecule has 0 amide bonds. The van der Waals surface area contributed by atoms with Gasteiger partial charge in [0.2, 0.25) is 0 Å². The van der Waals surface area contributed by atoms with E-state index in [9.17, 15) is 24.3 Å². The number of rotatable bonds is 3. The van der Waals surface area contributed by atoms with Crippen LogP contribution in [0, 0.1) is 17.1 Å². The van der Waals surface area contributed by atoms with E-state index in [1.54, 1.807) is 6.07 Å². The topological polar surface area (TPSA) is 88.0 Å². The monoisotopic (exact) mass is 315 g/mol. The molecule has 0 saturated carbocycles. The maximum atomic E-state index is 13.7. The first kappa shape index (κ1) is 15.2. The van der Waals surface area contributed by atoms with E-state index < -0.39 is 29.7 Å². The molecule has 1 N–H and O–H groups in total. The van der Waals surface area contributed by atoms with Crippen molar-refractivity contribution in [1.82, 2.24) is 9.13 Å². The predicted octanol–water partition coefficient (Wildman–Crippen LogP) is 0.701. The third kappa shape index (κ3) is 2.47. The van der Waals surface area contributed by atoms with Gasteiger partial charge in [0.05, 0.1) is 12.6 Å². The molecule has 0 fully saturated rings. The lowest BCUT2D eigenvalue weighted by Gasteiger charge is -2.15. The molecule has 0 radical (unpaired) electrons. The minimum absolute atomic E-state index is 0.00260. The first-order chi connectivity index (χ1) is 11.0. The van der Waals surface area contributed by atoms with Crippen molar-refractivity contribution >= 4 is 0 Å². The standard InChI is InChI=1S/C16H14FN3O3/c17-12-5-2-1-4-10(12)14(21)9-20-15(22)11(8-18)13-6-3-7-19(13)16(20)23/h1-2,4-5,14,21H,3,6-7,9H2/t14-/m1/s1. The van der Waals surface area contributed by atoms with Gasteiger partial charge in [-0.25, -0.2) is 9.18 Å². The quantitative estimate of drug-likeness (QED) is 0.903. The zero-order chi connectivity index (χ0) is 16.6. The lowest BCUT2D eigenvalue weighted by Crippen LogP contribution is -2.42. The van der Waals surface area contributed by atoms with E-state index in [-0.39, 0.29) is 11.1 Å². The molecule has 23 heavy (non-hydrogen) atoms. The number of fused-ring (bicyclic) bond motifs is 1. The number of hydrogen-bond acceptors (Lipinski definition) is 4. The van der Waals surface area contributed by atoms with Crippen molar-refractivity contribution in [1.29, 1.82) is 5.26 Å². The van der Waals surface area contributed by atoms with Crippen molar-refractivity contribution < 1.29 is 9.50 Å². The van der Waals surface area contributed by atoms with Crippen LogP contribution in [-0.2, 0) is 19.5 Å². The van der Waals surface area contributed by atoms with Gasteiger partial charge in [-0.3, -0.25) is 13.9 Å². The van der Waals surface area contributed by atoms with Gasteiger partial charge in [0.1, 0.15) is 17.4 Å². The Labute approximate surface area is 130 Å². The van der Waals surface area contributed by atoms with E-state index in [0.717, 1.165) is 4.57 Å². The van der Waals surface area contributed by atoms with Crippen LogP contribution in [0.25, 0.3) is 0 Å². The lowest BCUT2D eigenvalue weighted by atomic mass is 10.1. The van der Waals surface area contributed by atoms with Crippen molar-refractivity contribution in [2.75, 3.05) is 0 Å². The summed E-state index contributed by atoms with van der Waals surface area (Å²) in [4.78, 5) is 24.8. The fourth-order valence-electron chi connectivity index (χ4n) is 2.93. The summed E-state index contributed by atoms with van der Waals surface area (Å²) in [7, 11) is 0. The molecule has 6 nitrogen and oxygen atoms in total. The zero-order valence-corrected chi connectivity index (χ0v) is 12.2. The predicted molar refractivity (Wildman–Crippen MR) is 79.4 cm³/mol. The van der Waals surface area contributed by atoms with Gasteiger partial charge < -0.3 is 5.11 Å². The van der Waals surface area contributed by atoms with Gasteiger partial charge in [0.25, 0.3) is 5.56 Å². The Morgan fingerprint density at radius 1 is 1.35 bits per heavy atom. The number of nitriles is 1. The summed E-state index contributed by atoms with van der Waals surface area (Å²) in [5.74, 6) is -0.616. The van der Waals surface area contributed by atoms with Crippen molar-refractivity contribution in [3.63, 3.8) is 0 Å². The van der Waals surface area contributed by atoms with Gasteiger partial charge >= 0.3 is 5.69 Å². The Balaban J connectivity index is 2.08. The van der Waals surface area contributed by atoms with Crippen LogP contribution in [0.2, 0.25) is 0 Å². The summed E-state index contributed by atoms with van der Waals surface area (Å²) < 4.78 is 15.9. The number of benzene rings is 1. The molecule has 1 aliphatic heterocycles. The smallest absolute Gasteiger partial charge is 0.331 e. The second-order valence-corrected chi connectivity index (χ2v) is 5.42. The molecule has 1 atom stereocenters. The molecule has 0 saturated heterocycles. The highest BCUT2D eigenvalue weighted by molar-refractivity contribution is 5.33. The molecule has 0 aliphatic carbocycles. The molecule has 0 unspecified atom stereocenters. The molecule has 1 aromatic carbocycles. The van der Waals surface area contributed by atoms with Crippen LogP contribution in [0.3, 0.4) is 0 Å². The fraction of sp³-hybridized carbons (Fsp3) is 0.312. The van der Waals surface area contributed by atoms with Gasteiger partial charge in [-0.15, -0.1) is 0 Å². The maximum absolute atomic E-state index is 13.7. The number of halogens is 1. The molecule has 118 valence electrons. The van der Waals surface area contributed by atoms with Gasteiger partial charge in [0, 0.05) is 17.8 Å². The van der Waals surface area contributed by atoms with Crippen LogP contribution < -0.4 is 11.2 Å². The SMILES string of the molecule is N#Cc1c2n(c(=O)n(C[C@@H](O)c3ccccc3F)c1=O)CCC2. The van der Waals surface area contributed by atoms with Gasteiger partial charge in [-0.2, -0.15) is 5.26 Å². The van der Waals surface area contributed by atoms with E-state index in [0.29, 0.717) is 25.1 Å². The van der Waals surface area contributed by atoms with E-state index in [1.807, 2.05) is 6.07 Å². The largest absolute Gasteiger partial charge is 0.386 e. The minimum Gasteiger partial charge on any atom is -0.386 e. The number of aromatic nitrogens is 2. The van der Waals surface area contributed by atoms with Gasteiger partial charge in [0.15, 0.2) is 0 Å². The average molecular weight is 315 g/mol. The van der Waals surface area contributed by atoms with Crippen LogP contribution in [0.15, 0.2) is 33.9 Å². The van der Waals surface area contributed by atoms with E-state index in [1.165, 1.54) is 22.8 Å². The van der Waals surface area contributed by atoms with Crippen molar-refractivity contribution in [2.45, 2.75) is 32.0 Å². The Morgan fingerprint density at radius 3 is 2.78 bits per heavy atom. The average Bonchev–Trinajstić information content (AvgIpc) is 3.02. The molecular weight excluding hydrogens is 301 g/mol. The first-order valence-corrected chi connectivity index (χ1v) is 7.23. The summed E-state index contributed by atoms with van der Waals surface area (Å²) in [5, 5.41) is 19.4. The van der Waals surface area contributed by atoms with Crippen molar-refractivity contribution in [2.24, 2.45) is 0 Å². The molecule has 7 heteroatoms. The van der Waals surface area contributed by atoms with Crippen LogP contribution in [0.4, 0.5) is 4.39 Å². The van der Waals surface area contributed by atoms with Gasteiger partial charge in [-0.05, 0) is 18.9 Å². The molecule has 2 aromatic rings. The maximum Gasteiger partial charge on any atom is 0.331 e. The Morgan fingerprint density at radius 2 is 2.09 bits per heavy atom. The number of nitrogens with zero attached hydrogens (tertiary/aromatic N) is 3. The van der Waals surface area contributed by atoms with Gasteiger partial charge in [-0.1, -0.05) is 18.2 Å². The molecule has 1 aliphatic rings. The summed E-state index contributed by atoms with van der Waals surface area (Å²) in [6, 6.07) is 7.46. The van der Waals surface area contributed by atoms with E-state index in [4.69, 9.17) is 0 Å². The highest BCUT2D eigenvalue weighted by Gasteiger charge is 2.24. The molecule has 2 heterocycles. The minimum atomic E-state index is -1.35. The van der Waals surface area contributed by atoms with Crippen LogP contribution in [0.1, 0.15) is 29.3 Å². The third-order valence-electron chi connectivity index (χ3n) is 4.06. The van der Waals surface area contributed by atoms with Crippen molar-refractivity contribution in [3.05, 3.63) is 67.7 Å². The Kier molecular flexibility index (Phi) is 3.84. The summed E-state index contributed by atoms with van der Waals surface area (Å²) in [6.07, 6.45) is -0.166. The van der Waals surface area contributed by atoms with E-state index in [2.05, 4.69) is 0 Å². The van der Waals surface area contributed by atoms with Crippen molar-refractivity contribution in [3.8, 4) is 6.07 Å². The highest BCUT2D eigenvalue weighted by Crippen LogP contribution is 2.18. The summed E-state index contributed by atoms with van der Waals surface area (Å²) in [6.45, 7) is 0.0342. The molecular formula is C16H14FN3O3. The second kappa shape index (κ2) is 5.82. The number of aliphatic hydroxyl groups excluding tert-OH is 1. The highest BCUT2D eigenvalue weighted by atomic mass is 19.1. The third-order valence-corrected chi connectivity index (χ3v) is 4.06. The normalized spacial score (nSPS) is 14.3.